The Kier molecular flexibility index (Phi) is 1.77. The third kappa shape index (κ3) is 1.14. The molecule has 0 radical (unpaired) electrons. The molecule has 0 amide bonds. The number of nitrogens with one attached hydrogen (secondary N) is 1. The Morgan fingerprint density at radius 3 is 3.21 bits per heavy atom. The molecule has 1 aliphatic carbocycles. The quantitative estimate of drug-likeness (QED) is 0.652. The summed E-state index contributed by atoms with van der Waals surface area (Å²) in [5.41, 5.74) is 2.57. The number of piperidine rings is 1. The Balaban J connectivity index is 2.11. The van der Waals surface area contributed by atoms with Gasteiger partial charge in [-0.25, -0.2) is 0 Å². The van der Waals surface area contributed by atoms with Crippen LogP contribution >= 0.6 is 0 Å². The van der Waals surface area contributed by atoms with Crippen LogP contribution in [0.25, 0.3) is 0 Å². The number of benzene rings is 1. The van der Waals surface area contributed by atoms with Gasteiger partial charge in [0, 0.05) is 11.6 Å². The Labute approximate surface area is 84.0 Å². The van der Waals surface area contributed by atoms with Crippen LogP contribution in [-0.4, -0.2) is 17.7 Å². The Hall–Kier alpha value is -1.02. The van der Waals surface area contributed by atoms with Gasteiger partial charge in [-0.1, -0.05) is 12.1 Å². The molecule has 0 saturated carbocycles. The minimum Gasteiger partial charge on any atom is -0.508 e. The Bertz CT molecular complexity index is 361. The van der Waals surface area contributed by atoms with Gasteiger partial charge in [-0.3, -0.25) is 0 Å². The zero-order chi connectivity index (χ0) is 9.54. The van der Waals surface area contributed by atoms with Gasteiger partial charge in [-0.15, -0.1) is 0 Å². The van der Waals surface area contributed by atoms with E-state index >= 15 is 0 Å². The van der Waals surface area contributed by atoms with Crippen LogP contribution in [-0.2, 0) is 6.42 Å². The fourth-order valence-electron chi connectivity index (χ4n) is 2.94. The van der Waals surface area contributed by atoms with E-state index in [1.165, 1.54) is 24.0 Å². The van der Waals surface area contributed by atoms with Gasteiger partial charge in [-0.2, -0.15) is 0 Å². The van der Waals surface area contributed by atoms with Crippen molar-refractivity contribution >= 4 is 0 Å². The summed E-state index contributed by atoms with van der Waals surface area (Å²) in [4.78, 5) is 0. The van der Waals surface area contributed by atoms with Gasteiger partial charge in [0.2, 0.25) is 0 Å². The van der Waals surface area contributed by atoms with Crippen LogP contribution in [0.1, 0.15) is 29.9 Å². The molecule has 2 atom stereocenters. The first-order valence-electron chi connectivity index (χ1n) is 5.39. The van der Waals surface area contributed by atoms with Crippen molar-refractivity contribution in [1.82, 2.24) is 5.32 Å². The highest BCUT2D eigenvalue weighted by Crippen LogP contribution is 2.40. The van der Waals surface area contributed by atoms with E-state index < -0.39 is 0 Å². The molecule has 0 spiro atoms. The second-order valence-corrected chi connectivity index (χ2v) is 4.43. The molecule has 2 unspecified atom stereocenters. The van der Waals surface area contributed by atoms with Gasteiger partial charge >= 0.3 is 0 Å². The fraction of sp³-hybridized carbons (Fsp3) is 0.500. The molecular weight excluding hydrogens is 174 g/mol. The number of hydrogen-bond donors (Lipinski definition) is 2. The van der Waals surface area contributed by atoms with Crippen molar-refractivity contribution in [3.63, 3.8) is 0 Å². The normalized spacial score (nSPS) is 29.7. The SMILES string of the molecule is Oc1cccc2c1C1CCNC(C2)C1. The molecular formula is C12H15NO. The van der Waals surface area contributed by atoms with Crippen molar-refractivity contribution in [2.24, 2.45) is 0 Å². The maximum Gasteiger partial charge on any atom is 0.119 e. The third-order valence-electron chi connectivity index (χ3n) is 3.54. The Morgan fingerprint density at radius 1 is 1.36 bits per heavy atom. The van der Waals surface area contributed by atoms with Crippen LogP contribution in [0, 0.1) is 0 Å². The number of aromatic hydroxyl groups is 1. The van der Waals surface area contributed by atoms with Gasteiger partial charge in [0.1, 0.15) is 5.75 Å². The molecule has 1 heterocycles. The predicted molar refractivity (Wildman–Crippen MR) is 55.6 cm³/mol. The van der Waals surface area contributed by atoms with Crippen molar-refractivity contribution in [3.05, 3.63) is 29.3 Å². The van der Waals surface area contributed by atoms with Crippen LogP contribution in [0.2, 0.25) is 0 Å². The molecule has 74 valence electrons. The van der Waals surface area contributed by atoms with E-state index in [4.69, 9.17) is 0 Å². The minimum absolute atomic E-state index is 0.507. The predicted octanol–water partition coefficient (Wildman–Crippen LogP) is 1.78. The number of fused-ring (bicyclic) bond motifs is 4. The molecule has 14 heavy (non-hydrogen) atoms. The molecule has 1 fully saturated rings. The third-order valence-corrected chi connectivity index (χ3v) is 3.54. The number of rotatable bonds is 0. The van der Waals surface area contributed by atoms with Crippen molar-refractivity contribution < 1.29 is 5.11 Å². The van der Waals surface area contributed by atoms with Gasteiger partial charge < -0.3 is 10.4 Å². The van der Waals surface area contributed by atoms with Crippen molar-refractivity contribution in [1.29, 1.82) is 0 Å². The first-order valence-corrected chi connectivity index (χ1v) is 5.39. The van der Waals surface area contributed by atoms with E-state index in [-0.39, 0.29) is 0 Å². The van der Waals surface area contributed by atoms with E-state index in [9.17, 15) is 5.11 Å². The summed E-state index contributed by atoms with van der Waals surface area (Å²) in [6, 6.07) is 6.57. The average Bonchev–Trinajstić information content (AvgIpc) is 2.17. The molecule has 2 N–H and O–H groups in total. The van der Waals surface area contributed by atoms with Gasteiger partial charge in [0.15, 0.2) is 0 Å². The molecule has 2 bridgehead atoms. The maximum absolute atomic E-state index is 9.85. The summed E-state index contributed by atoms with van der Waals surface area (Å²) in [5.74, 6) is 1.10. The summed E-state index contributed by atoms with van der Waals surface area (Å²) in [6.45, 7) is 1.10. The lowest BCUT2D eigenvalue weighted by molar-refractivity contribution is 0.329. The molecule has 2 aliphatic rings. The van der Waals surface area contributed by atoms with Crippen LogP contribution < -0.4 is 5.32 Å². The zero-order valence-corrected chi connectivity index (χ0v) is 8.16. The molecule has 1 aromatic rings. The summed E-state index contributed by atoms with van der Waals surface area (Å²) < 4.78 is 0. The second-order valence-electron chi connectivity index (χ2n) is 4.43. The lowest BCUT2D eigenvalue weighted by Crippen LogP contribution is -2.42. The summed E-state index contributed by atoms with van der Waals surface area (Å²) in [6.07, 6.45) is 3.45. The smallest absolute Gasteiger partial charge is 0.119 e. The van der Waals surface area contributed by atoms with E-state index in [1.807, 2.05) is 12.1 Å². The number of phenolic OH excluding ortho intramolecular Hbond substituents is 1. The molecule has 1 aromatic carbocycles. The van der Waals surface area contributed by atoms with Crippen LogP contribution in [0.15, 0.2) is 18.2 Å². The molecule has 3 rings (SSSR count). The molecule has 2 heteroatoms. The molecule has 1 aliphatic heterocycles. The molecule has 1 saturated heterocycles. The van der Waals surface area contributed by atoms with Crippen molar-refractivity contribution in [2.45, 2.75) is 31.2 Å². The maximum atomic E-state index is 9.85. The highest BCUT2D eigenvalue weighted by molar-refractivity contribution is 5.44. The van der Waals surface area contributed by atoms with E-state index in [0.29, 0.717) is 17.7 Å². The van der Waals surface area contributed by atoms with E-state index in [0.717, 1.165) is 13.0 Å². The highest BCUT2D eigenvalue weighted by Gasteiger charge is 2.31. The van der Waals surface area contributed by atoms with Crippen LogP contribution in [0.3, 0.4) is 0 Å². The first-order chi connectivity index (χ1) is 6.84. The summed E-state index contributed by atoms with van der Waals surface area (Å²) in [5, 5.41) is 13.4. The van der Waals surface area contributed by atoms with Gasteiger partial charge in [0.05, 0.1) is 0 Å². The van der Waals surface area contributed by atoms with Gasteiger partial charge in [0.25, 0.3) is 0 Å². The van der Waals surface area contributed by atoms with Gasteiger partial charge in [-0.05, 0) is 43.4 Å². The molecule has 2 nitrogen and oxygen atoms in total. The van der Waals surface area contributed by atoms with E-state index in [2.05, 4.69) is 11.4 Å². The average molecular weight is 189 g/mol. The largest absolute Gasteiger partial charge is 0.508 e. The lowest BCUT2D eigenvalue weighted by Gasteiger charge is -2.37. The second kappa shape index (κ2) is 2.99. The minimum atomic E-state index is 0.507. The highest BCUT2D eigenvalue weighted by atomic mass is 16.3. The first kappa shape index (κ1) is 8.30. The fourth-order valence-corrected chi connectivity index (χ4v) is 2.94. The van der Waals surface area contributed by atoms with Crippen LogP contribution in [0.4, 0.5) is 0 Å². The van der Waals surface area contributed by atoms with E-state index in [1.54, 1.807) is 0 Å². The number of phenols is 1. The summed E-state index contributed by atoms with van der Waals surface area (Å²) >= 11 is 0. The standard InChI is InChI=1S/C12H15NO/c14-11-3-1-2-8-6-10-7-9(12(8)11)4-5-13-10/h1-3,9-10,13-14H,4-7H2. The zero-order valence-electron chi connectivity index (χ0n) is 8.16. The lowest BCUT2D eigenvalue weighted by atomic mass is 9.76. The number of hydrogen-bond acceptors (Lipinski definition) is 2. The van der Waals surface area contributed by atoms with Crippen molar-refractivity contribution in [2.75, 3.05) is 6.54 Å². The topological polar surface area (TPSA) is 32.3 Å². The Morgan fingerprint density at radius 2 is 2.29 bits per heavy atom. The summed E-state index contributed by atoms with van der Waals surface area (Å²) in [7, 11) is 0. The van der Waals surface area contributed by atoms with Crippen LogP contribution in [0.5, 0.6) is 5.75 Å². The molecule has 0 aromatic heterocycles. The van der Waals surface area contributed by atoms with Crippen molar-refractivity contribution in [3.8, 4) is 5.75 Å². The monoisotopic (exact) mass is 189 g/mol.